The molecular formula is C19H19FN4O4S. The van der Waals surface area contributed by atoms with E-state index >= 15 is 0 Å². The number of carbonyl (C=O) groups excluding carboxylic acids is 1. The molecule has 1 N–H and O–H groups in total. The van der Waals surface area contributed by atoms with E-state index in [1.807, 2.05) is 0 Å². The summed E-state index contributed by atoms with van der Waals surface area (Å²) in [5.41, 5.74) is 1.34. The second-order valence-electron chi connectivity index (χ2n) is 6.23. The summed E-state index contributed by atoms with van der Waals surface area (Å²) in [6.07, 6.45) is 0.565. The van der Waals surface area contributed by atoms with E-state index in [0.717, 1.165) is 4.68 Å². The fraction of sp³-hybridized carbons (Fsp3) is 0.211. The molecule has 10 heteroatoms. The van der Waals surface area contributed by atoms with Crippen LogP contribution in [-0.2, 0) is 21.2 Å². The average molecular weight is 418 g/mol. The summed E-state index contributed by atoms with van der Waals surface area (Å²) in [5.74, 6) is -0.499. The molecule has 0 fully saturated rings. The number of pyridine rings is 1. The third kappa shape index (κ3) is 4.11. The van der Waals surface area contributed by atoms with Crippen LogP contribution >= 0.6 is 0 Å². The van der Waals surface area contributed by atoms with Crippen LogP contribution in [0.1, 0.15) is 17.0 Å². The van der Waals surface area contributed by atoms with Gasteiger partial charge in [0.15, 0.2) is 5.03 Å². The molecule has 0 saturated carbocycles. The SMILES string of the molecule is CNC(=O)OCc1cc(S(=O)(=O)c2ccc(C)nc2)n(-c2cccc(F)c2C)n1. The third-order valence-electron chi connectivity index (χ3n) is 4.22. The molecule has 0 aliphatic carbocycles. The maximum atomic E-state index is 14.1. The molecule has 2 aromatic heterocycles. The first-order valence-corrected chi connectivity index (χ1v) is 10.1. The van der Waals surface area contributed by atoms with E-state index in [1.54, 1.807) is 19.1 Å². The lowest BCUT2D eigenvalue weighted by Gasteiger charge is -2.11. The number of rotatable bonds is 5. The van der Waals surface area contributed by atoms with Crippen molar-refractivity contribution >= 4 is 15.9 Å². The van der Waals surface area contributed by atoms with Crippen molar-refractivity contribution in [1.29, 1.82) is 0 Å². The summed E-state index contributed by atoms with van der Waals surface area (Å²) in [7, 11) is -2.63. The molecule has 0 aliphatic heterocycles. The van der Waals surface area contributed by atoms with Crippen molar-refractivity contribution < 1.29 is 22.3 Å². The van der Waals surface area contributed by atoms with Crippen molar-refractivity contribution in [3.8, 4) is 5.69 Å². The number of benzene rings is 1. The molecule has 1 amide bonds. The monoisotopic (exact) mass is 418 g/mol. The summed E-state index contributed by atoms with van der Waals surface area (Å²) >= 11 is 0. The van der Waals surface area contributed by atoms with Gasteiger partial charge in [-0.3, -0.25) is 4.98 Å². The molecule has 0 spiro atoms. The van der Waals surface area contributed by atoms with Crippen molar-refractivity contribution in [2.24, 2.45) is 0 Å². The number of hydrogen-bond acceptors (Lipinski definition) is 6. The Balaban J connectivity index is 2.16. The van der Waals surface area contributed by atoms with Crippen molar-refractivity contribution in [3.63, 3.8) is 0 Å². The zero-order valence-electron chi connectivity index (χ0n) is 16.0. The Morgan fingerprint density at radius 2 is 2.00 bits per heavy atom. The van der Waals surface area contributed by atoms with E-state index < -0.39 is 21.7 Å². The summed E-state index contributed by atoms with van der Waals surface area (Å²) in [6, 6.07) is 8.61. The Bertz CT molecular complexity index is 1160. The van der Waals surface area contributed by atoms with E-state index in [2.05, 4.69) is 15.4 Å². The molecule has 8 nitrogen and oxygen atoms in total. The largest absolute Gasteiger partial charge is 0.443 e. The van der Waals surface area contributed by atoms with Crippen molar-refractivity contribution in [3.05, 3.63) is 65.4 Å². The number of carbonyl (C=O) groups is 1. The van der Waals surface area contributed by atoms with Gasteiger partial charge in [-0.2, -0.15) is 5.10 Å². The van der Waals surface area contributed by atoms with Crippen LogP contribution < -0.4 is 5.32 Å². The first-order chi connectivity index (χ1) is 13.7. The number of alkyl carbamates (subject to hydrolysis) is 1. The number of nitrogens with one attached hydrogen (secondary N) is 1. The molecule has 2 heterocycles. The van der Waals surface area contributed by atoms with Crippen LogP contribution in [0.15, 0.2) is 52.5 Å². The minimum absolute atomic E-state index is 0.0305. The Morgan fingerprint density at radius 3 is 2.66 bits per heavy atom. The zero-order valence-corrected chi connectivity index (χ0v) is 16.8. The molecule has 0 unspecified atom stereocenters. The fourth-order valence-electron chi connectivity index (χ4n) is 2.62. The summed E-state index contributed by atoms with van der Waals surface area (Å²) in [5, 5.41) is 6.35. The topological polar surface area (TPSA) is 103 Å². The quantitative estimate of drug-likeness (QED) is 0.683. The van der Waals surface area contributed by atoms with Crippen LogP contribution in [0.3, 0.4) is 0 Å². The molecule has 1 aromatic carbocycles. The first kappa shape index (κ1) is 20.5. The summed E-state index contributed by atoms with van der Waals surface area (Å²) < 4.78 is 46.6. The molecule has 152 valence electrons. The maximum Gasteiger partial charge on any atom is 0.407 e. The van der Waals surface area contributed by atoms with Gasteiger partial charge < -0.3 is 10.1 Å². The molecule has 0 radical (unpaired) electrons. The van der Waals surface area contributed by atoms with Gasteiger partial charge in [0.25, 0.3) is 0 Å². The zero-order chi connectivity index (χ0) is 21.2. The van der Waals surface area contributed by atoms with Gasteiger partial charge in [-0.25, -0.2) is 22.3 Å². The standard InChI is InChI=1S/C19H19FN4O4S/c1-12-7-8-15(10-22-12)29(26,27)18-9-14(11-28-19(25)21-3)23-24(18)17-6-4-5-16(20)13(17)2/h4-10H,11H2,1-3H3,(H,21,25). The minimum Gasteiger partial charge on any atom is -0.443 e. The number of ether oxygens (including phenoxy) is 1. The van der Waals surface area contributed by atoms with Gasteiger partial charge in [0.1, 0.15) is 18.1 Å². The second-order valence-corrected chi connectivity index (χ2v) is 8.13. The molecular weight excluding hydrogens is 399 g/mol. The Labute approximate surface area is 167 Å². The smallest absolute Gasteiger partial charge is 0.407 e. The highest BCUT2D eigenvalue weighted by molar-refractivity contribution is 7.91. The Kier molecular flexibility index (Phi) is 5.64. The summed E-state index contributed by atoms with van der Waals surface area (Å²) in [6.45, 7) is 3.01. The summed E-state index contributed by atoms with van der Waals surface area (Å²) in [4.78, 5) is 15.4. The highest BCUT2D eigenvalue weighted by Crippen LogP contribution is 2.26. The van der Waals surface area contributed by atoms with E-state index in [0.29, 0.717) is 5.69 Å². The van der Waals surface area contributed by atoms with Crippen LogP contribution in [0.5, 0.6) is 0 Å². The minimum atomic E-state index is -4.03. The number of sulfone groups is 1. The van der Waals surface area contributed by atoms with E-state index in [9.17, 15) is 17.6 Å². The molecule has 29 heavy (non-hydrogen) atoms. The Morgan fingerprint density at radius 1 is 1.24 bits per heavy atom. The number of aryl methyl sites for hydroxylation is 1. The number of amides is 1. The van der Waals surface area contributed by atoms with Gasteiger partial charge in [-0.15, -0.1) is 0 Å². The lowest BCUT2D eigenvalue weighted by atomic mass is 10.2. The van der Waals surface area contributed by atoms with Gasteiger partial charge in [0, 0.05) is 30.6 Å². The van der Waals surface area contributed by atoms with Gasteiger partial charge >= 0.3 is 6.09 Å². The molecule has 0 aliphatic rings. The first-order valence-electron chi connectivity index (χ1n) is 8.60. The predicted octanol–water partition coefficient (Wildman–Crippen LogP) is 2.71. The van der Waals surface area contributed by atoms with Gasteiger partial charge in [0.05, 0.1) is 10.6 Å². The highest BCUT2D eigenvalue weighted by Gasteiger charge is 2.26. The number of aromatic nitrogens is 3. The van der Waals surface area contributed by atoms with Crippen LogP contribution in [0.2, 0.25) is 0 Å². The van der Waals surface area contributed by atoms with Crippen molar-refractivity contribution in [2.45, 2.75) is 30.4 Å². The van der Waals surface area contributed by atoms with Crippen molar-refractivity contribution in [2.75, 3.05) is 7.05 Å². The van der Waals surface area contributed by atoms with Crippen LogP contribution in [0, 0.1) is 19.7 Å². The van der Waals surface area contributed by atoms with Crippen LogP contribution in [-0.4, -0.2) is 36.3 Å². The lowest BCUT2D eigenvalue weighted by Crippen LogP contribution is -2.19. The van der Waals surface area contributed by atoms with Crippen LogP contribution in [0.4, 0.5) is 9.18 Å². The molecule has 0 saturated heterocycles. The van der Waals surface area contributed by atoms with Crippen molar-refractivity contribution in [1.82, 2.24) is 20.1 Å². The second kappa shape index (κ2) is 8.00. The van der Waals surface area contributed by atoms with Gasteiger partial charge in [-0.05, 0) is 38.1 Å². The van der Waals surface area contributed by atoms with E-state index in [-0.39, 0.29) is 33.5 Å². The fourth-order valence-corrected chi connectivity index (χ4v) is 3.95. The molecule has 3 rings (SSSR count). The Hall–Kier alpha value is -3.27. The number of hydrogen-bond donors (Lipinski definition) is 1. The lowest BCUT2D eigenvalue weighted by molar-refractivity contribution is 0.140. The third-order valence-corrected chi connectivity index (χ3v) is 5.92. The molecule has 0 atom stereocenters. The predicted molar refractivity (Wildman–Crippen MR) is 102 cm³/mol. The van der Waals surface area contributed by atoms with E-state index in [4.69, 9.17) is 4.74 Å². The van der Waals surface area contributed by atoms with E-state index in [1.165, 1.54) is 44.4 Å². The number of halogens is 1. The molecule has 0 bridgehead atoms. The highest BCUT2D eigenvalue weighted by atomic mass is 32.2. The maximum absolute atomic E-state index is 14.1. The van der Waals surface area contributed by atoms with Crippen LogP contribution in [0.25, 0.3) is 5.69 Å². The average Bonchev–Trinajstić information content (AvgIpc) is 3.13. The normalized spacial score (nSPS) is 11.3. The number of nitrogens with zero attached hydrogens (tertiary/aromatic N) is 3. The molecule has 3 aromatic rings. The van der Waals surface area contributed by atoms with Gasteiger partial charge in [-0.1, -0.05) is 6.07 Å². The van der Waals surface area contributed by atoms with Gasteiger partial charge in [0.2, 0.25) is 9.84 Å².